The van der Waals surface area contributed by atoms with Crippen molar-refractivity contribution >= 4 is 194 Å². The van der Waals surface area contributed by atoms with Gasteiger partial charge in [-0.1, -0.05) is 0 Å². The van der Waals surface area contributed by atoms with Crippen LogP contribution < -0.4 is 21.3 Å². The summed E-state index contributed by atoms with van der Waals surface area (Å²) in [4.78, 5) is 67.8. The lowest BCUT2D eigenvalue weighted by atomic mass is 10.1. The van der Waals surface area contributed by atoms with Crippen molar-refractivity contribution in [2.45, 2.75) is 27.7 Å². The summed E-state index contributed by atoms with van der Waals surface area (Å²) in [7, 11) is 0. The van der Waals surface area contributed by atoms with Crippen LogP contribution in [-0.2, 0) is 19.2 Å². The molecule has 6 N–H and O–H groups in total. The van der Waals surface area contributed by atoms with Crippen LogP contribution in [0.15, 0.2) is 0 Å². The van der Waals surface area contributed by atoms with Crippen LogP contribution in [-0.4, -0.2) is 45.8 Å². The number of benzene rings is 2. The molecule has 0 aliphatic carbocycles. The third-order valence-corrected chi connectivity index (χ3v) is 10.7. The van der Waals surface area contributed by atoms with E-state index in [0.717, 1.165) is 0 Å². The summed E-state index contributed by atoms with van der Waals surface area (Å²) in [6.07, 6.45) is 0. The number of anilines is 4. The fourth-order valence-corrected chi connectivity index (χ4v) is 11.2. The first-order chi connectivity index (χ1) is 18.3. The molecular weight excluding hydrogens is 1210 g/mol. The molecule has 2 rings (SSSR count). The van der Waals surface area contributed by atoms with Gasteiger partial charge in [-0.3, -0.25) is 19.2 Å². The SMILES string of the molecule is CC(=O)Nc1c(I)c(NC(C)=O)c(I)c(C(=O)O)c1I.CC(=O)Nc1c(I)c(NC(C)=O)c(I)c(C(=O)O)c1I. The normalized spacial score (nSPS) is 10.1. The highest BCUT2D eigenvalue weighted by molar-refractivity contribution is 14.1. The lowest BCUT2D eigenvalue weighted by molar-refractivity contribution is -0.115. The Bertz CT molecular complexity index is 1250. The number of carboxylic acid groups (broad SMARTS) is 2. The molecule has 216 valence electrons. The fraction of sp³-hybridized carbons (Fsp3) is 0.182. The quantitative estimate of drug-likeness (QED) is 0.184. The lowest BCUT2D eigenvalue weighted by Crippen LogP contribution is -2.17. The van der Waals surface area contributed by atoms with E-state index in [1.54, 1.807) is 0 Å². The molecule has 0 spiro atoms. The monoisotopic (exact) mass is 1230 g/mol. The zero-order valence-corrected chi connectivity index (χ0v) is 33.6. The largest absolute Gasteiger partial charge is 0.478 e. The third kappa shape index (κ3) is 9.85. The number of hydrogen-bond acceptors (Lipinski definition) is 6. The molecule has 0 radical (unpaired) electrons. The molecule has 0 saturated heterocycles. The van der Waals surface area contributed by atoms with Gasteiger partial charge >= 0.3 is 11.9 Å². The van der Waals surface area contributed by atoms with Crippen LogP contribution >= 0.6 is 136 Å². The average Bonchev–Trinajstić information content (AvgIpc) is 2.79. The smallest absolute Gasteiger partial charge is 0.338 e. The van der Waals surface area contributed by atoms with Gasteiger partial charge in [0.1, 0.15) is 0 Å². The van der Waals surface area contributed by atoms with Gasteiger partial charge in [-0.05, 0) is 136 Å². The van der Waals surface area contributed by atoms with Crippen LogP contribution in [0.2, 0.25) is 0 Å². The first-order valence-corrected chi connectivity index (χ1v) is 16.8. The molecule has 0 atom stereocenters. The van der Waals surface area contributed by atoms with Crippen molar-refractivity contribution in [1.29, 1.82) is 0 Å². The molecule has 40 heavy (non-hydrogen) atoms. The number of nitrogens with one attached hydrogen (secondary N) is 4. The Hall–Kier alpha value is -0.360. The van der Waals surface area contributed by atoms with Crippen molar-refractivity contribution in [3.8, 4) is 0 Å². The first kappa shape index (κ1) is 37.7. The number of rotatable bonds is 6. The number of carbonyl (C=O) groups excluding carboxylic acids is 4. The number of amides is 4. The maximum absolute atomic E-state index is 11.4. The summed E-state index contributed by atoms with van der Waals surface area (Å²) in [5.41, 5.74) is 1.67. The molecule has 0 aliphatic rings. The van der Waals surface area contributed by atoms with Gasteiger partial charge in [-0.15, -0.1) is 0 Å². The second-order valence-electron chi connectivity index (χ2n) is 7.47. The van der Waals surface area contributed by atoms with E-state index in [1.807, 2.05) is 136 Å². The van der Waals surface area contributed by atoms with E-state index < -0.39 is 11.9 Å². The Labute approximate surface area is 309 Å². The van der Waals surface area contributed by atoms with Crippen LogP contribution in [0.3, 0.4) is 0 Å². The average molecular weight is 1230 g/mol. The van der Waals surface area contributed by atoms with E-state index in [-0.39, 0.29) is 34.8 Å². The Balaban J connectivity index is 0.000000400. The van der Waals surface area contributed by atoms with Crippen molar-refractivity contribution in [1.82, 2.24) is 0 Å². The minimum absolute atomic E-state index is 0.0547. The topological polar surface area (TPSA) is 191 Å². The summed E-state index contributed by atoms with van der Waals surface area (Å²) in [5.74, 6) is -3.49. The van der Waals surface area contributed by atoms with Crippen molar-refractivity contribution in [2.24, 2.45) is 0 Å². The Morgan fingerprint density at radius 1 is 0.425 bits per heavy atom. The van der Waals surface area contributed by atoms with Gasteiger partial charge < -0.3 is 31.5 Å². The summed E-state index contributed by atoms with van der Waals surface area (Å²) in [6.45, 7) is 5.34. The number of carboxylic acids is 2. The molecule has 2 aromatic rings. The third-order valence-electron chi connectivity index (χ3n) is 4.27. The summed E-state index contributed by atoms with van der Waals surface area (Å²) in [5, 5.41) is 29.1. The van der Waals surface area contributed by atoms with Crippen LogP contribution in [0.25, 0.3) is 0 Å². The lowest BCUT2D eigenvalue weighted by Gasteiger charge is -2.17. The maximum atomic E-state index is 11.4. The van der Waals surface area contributed by atoms with Crippen LogP contribution in [0.4, 0.5) is 22.7 Å². The summed E-state index contributed by atoms with van der Waals surface area (Å²) < 4.78 is 2.88. The predicted octanol–water partition coefficient (Wildman–Crippen LogP) is 6.23. The highest BCUT2D eigenvalue weighted by Gasteiger charge is 2.26. The van der Waals surface area contributed by atoms with Gasteiger partial charge in [0.05, 0.1) is 55.3 Å². The number of aromatic carboxylic acids is 2. The van der Waals surface area contributed by atoms with Gasteiger partial charge in [-0.25, -0.2) is 9.59 Å². The molecule has 0 bridgehead atoms. The molecule has 0 aromatic heterocycles. The summed E-state index contributed by atoms with van der Waals surface area (Å²) in [6, 6.07) is 0. The van der Waals surface area contributed by atoms with E-state index >= 15 is 0 Å². The molecule has 2 aromatic carbocycles. The van der Waals surface area contributed by atoms with Crippen molar-refractivity contribution in [3.05, 3.63) is 32.5 Å². The molecule has 0 fully saturated rings. The van der Waals surface area contributed by atoms with Gasteiger partial charge in [0.15, 0.2) is 0 Å². The molecule has 0 saturated carbocycles. The minimum atomic E-state index is -1.12. The highest BCUT2D eigenvalue weighted by atomic mass is 127. The fourth-order valence-electron chi connectivity index (χ4n) is 2.85. The maximum Gasteiger partial charge on any atom is 0.338 e. The van der Waals surface area contributed by atoms with Crippen LogP contribution in [0, 0.1) is 21.4 Å². The molecule has 0 unspecified atom stereocenters. The predicted molar refractivity (Wildman–Crippen MR) is 200 cm³/mol. The van der Waals surface area contributed by atoms with Gasteiger partial charge in [-0.2, -0.15) is 0 Å². The number of hydrogen-bond donors (Lipinski definition) is 6. The standard InChI is InChI=1S/2C11H9I3N2O4/c2*1-3(17)15-9-6(12)5(11(19)20)7(13)10(8(9)14)16-4(2)18/h2*1-2H3,(H,15,17)(H,16,18)(H,19,20). The molecule has 18 heteroatoms. The first-order valence-electron chi connectivity index (χ1n) is 10.3. The van der Waals surface area contributed by atoms with E-state index in [9.17, 15) is 39.0 Å². The Kier molecular flexibility index (Phi) is 15.5. The van der Waals surface area contributed by atoms with Gasteiger partial charge in [0.2, 0.25) is 23.6 Å². The molecule has 12 nitrogen and oxygen atoms in total. The number of halogens is 6. The van der Waals surface area contributed by atoms with Crippen LogP contribution in [0.5, 0.6) is 0 Å². The van der Waals surface area contributed by atoms with Crippen molar-refractivity contribution in [3.63, 3.8) is 0 Å². The zero-order valence-electron chi connectivity index (χ0n) is 20.6. The molecule has 0 heterocycles. The Morgan fingerprint density at radius 3 is 0.725 bits per heavy atom. The Morgan fingerprint density at radius 2 is 0.600 bits per heavy atom. The van der Waals surface area contributed by atoms with E-state index in [2.05, 4.69) is 21.3 Å². The minimum Gasteiger partial charge on any atom is -0.478 e. The number of carbonyl (C=O) groups is 6. The van der Waals surface area contributed by atoms with E-state index in [0.29, 0.717) is 44.2 Å². The van der Waals surface area contributed by atoms with E-state index in [4.69, 9.17) is 0 Å². The van der Waals surface area contributed by atoms with E-state index in [1.165, 1.54) is 27.7 Å². The van der Waals surface area contributed by atoms with Crippen LogP contribution in [0.1, 0.15) is 48.4 Å². The highest BCUT2D eigenvalue weighted by Crippen LogP contribution is 2.40. The van der Waals surface area contributed by atoms with Gasteiger partial charge in [0.25, 0.3) is 0 Å². The molecular formula is C22H18I6N4O8. The second kappa shape index (κ2) is 16.5. The zero-order chi connectivity index (χ0) is 31.2. The second-order valence-corrected chi connectivity index (χ2v) is 13.9. The van der Waals surface area contributed by atoms with Crippen molar-refractivity contribution < 1.29 is 39.0 Å². The molecule has 4 amide bonds. The summed E-state index contributed by atoms with van der Waals surface area (Å²) >= 11 is 11.4. The molecule has 0 aliphatic heterocycles. The van der Waals surface area contributed by atoms with Crippen molar-refractivity contribution in [2.75, 3.05) is 21.3 Å². The van der Waals surface area contributed by atoms with Gasteiger partial charge in [0, 0.05) is 27.7 Å².